The highest BCUT2D eigenvalue weighted by molar-refractivity contribution is 5.88. The van der Waals surface area contributed by atoms with Gasteiger partial charge in [0.25, 0.3) is 0 Å². The number of morpholine rings is 1. The topological polar surface area (TPSA) is 106 Å². The van der Waals surface area contributed by atoms with E-state index >= 15 is 0 Å². The lowest BCUT2D eigenvalue weighted by Gasteiger charge is -2.26. The Bertz CT molecular complexity index is 1470. The summed E-state index contributed by atoms with van der Waals surface area (Å²) in [7, 11) is 0. The molecule has 4 aromatic rings. The van der Waals surface area contributed by atoms with Gasteiger partial charge < -0.3 is 19.7 Å². The van der Waals surface area contributed by atoms with E-state index in [2.05, 4.69) is 46.3 Å². The molecule has 0 bridgehead atoms. The molecule has 1 saturated heterocycles. The average molecular weight is 556 g/mol. The maximum atomic E-state index is 13.1. The van der Waals surface area contributed by atoms with Crippen molar-refractivity contribution in [3.05, 3.63) is 83.7 Å². The van der Waals surface area contributed by atoms with Gasteiger partial charge in [-0.1, -0.05) is 56.7 Å². The number of amides is 2. The van der Waals surface area contributed by atoms with Crippen molar-refractivity contribution in [3.8, 4) is 17.3 Å². The third-order valence-corrected chi connectivity index (χ3v) is 6.53. The molecule has 2 amide bonds. The molecule has 0 saturated carbocycles. The number of hydrogen-bond acceptors (Lipinski definition) is 7. The van der Waals surface area contributed by atoms with E-state index < -0.39 is 0 Å². The Balaban J connectivity index is 1.27. The van der Waals surface area contributed by atoms with Gasteiger partial charge in [-0.05, 0) is 37.0 Å². The number of rotatable bonds is 8. The van der Waals surface area contributed by atoms with Crippen LogP contribution in [0, 0.1) is 12.3 Å². The second kappa shape index (κ2) is 12.4. The molecule has 214 valence electrons. The van der Waals surface area contributed by atoms with E-state index in [0.29, 0.717) is 36.6 Å². The van der Waals surface area contributed by atoms with Gasteiger partial charge in [-0.25, -0.2) is 14.5 Å². The van der Waals surface area contributed by atoms with Gasteiger partial charge in [0.15, 0.2) is 0 Å². The molecule has 2 aromatic carbocycles. The Labute approximate surface area is 240 Å². The summed E-state index contributed by atoms with van der Waals surface area (Å²) in [5.74, 6) is 2.26. The number of nitrogens with one attached hydrogen (secondary N) is 2. The quantitative estimate of drug-likeness (QED) is 0.295. The summed E-state index contributed by atoms with van der Waals surface area (Å²) in [5, 5.41) is 10.7. The predicted octanol–water partition coefficient (Wildman–Crippen LogP) is 5.51. The predicted molar refractivity (Wildman–Crippen MR) is 159 cm³/mol. The van der Waals surface area contributed by atoms with Crippen molar-refractivity contribution in [2.24, 2.45) is 5.41 Å². The Morgan fingerprint density at radius 1 is 1.05 bits per heavy atom. The van der Waals surface area contributed by atoms with Gasteiger partial charge in [-0.15, -0.1) is 0 Å². The summed E-state index contributed by atoms with van der Waals surface area (Å²) in [4.78, 5) is 24.1. The van der Waals surface area contributed by atoms with Crippen LogP contribution in [0.15, 0.2) is 66.9 Å². The van der Waals surface area contributed by atoms with Crippen molar-refractivity contribution in [2.75, 3.05) is 36.5 Å². The van der Waals surface area contributed by atoms with Crippen LogP contribution in [0.25, 0.3) is 5.69 Å². The zero-order valence-corrected chi connectivity index (χ0v) is 24.1. The molecular weight excluding hydrogens is 518 g/mol. The van der Waals surface area contributed by atoms with E-state index in [1.807, 2.05) is 61.5 Å². The smallest absolute Gasteiger partial charge is 0.320 e. The molecule has 2 N–H and O–H groups in total. The summed E-state index contributed by atoms with van der Waals surface area (Å²) in [6.07, 6.45) is 2.47. The zero-order chi connectivity index (χ0) is 28.8. The third-order valence-electron chi connectivity index (χ3n) is 6.53. The van der Waals surface area contributed by atoms with Crippen LogP contribution in [0.2, 0.25) is 0 Å². The molecule has 1 fully saturated rings. The lowest BCUT2D eigenvalue weighted by atomic mass is 9.91. The van der Waals surface area contributed by atoms with Gasteiger partial charge in [0, 0.05) is 43.5 Å². The molecule has 10 heteroatoms. The van der Waals surface area contributed by atoms with Crippen molar-refractivity contribution in [3.63, 3.8) is 0 Å². The minimum absolute atomic E-state index is 0.0579. The van der Waals surface area contributed by atoms with Crippen molar-refractivity contribution in [1.29, 1.82) is 0 Å². The van der Waals surface area contributed by atoms with E-state index in [9.17, 15) is 4.79 Å². The average Bonchev–Trinajstić information content (AvgIpc) is 3.33. The number of carbonyl (C=O) groups is 1. The zero-order valence-electron chi connectivity index (χ0n) is 24.1. The first-order valence-corrected chi connectivity index (χ1v) is 13.9. The fraction of sp³-hybridized carbons (Fsp3) is 0.355. The Kier molecular flexibility index (Phi) is 8.49. The maximum absolute atomic E-state index is 13.1. The van der Waals surface area contributed by atoms with Crippen molar-refractivity contribution >= 4 is 17.8 Å². The lowest BCUT2D eigenvalue weighted by Crippen LogP contribution is -2.37. The van der Waals surface area contributed by atoms with Gasteiger partial charge >= 0.3 is 6.03 Å². The van der Waals surface area contributed by atoms with Gasteiger partial charge in [-0.3, -0.25) is 5.32 Å². The van der Waals surface area contributed by atoms with Crippen LogP contribution in [0.5, 0.6) is 11.6 Å². The molecule has 3 heterocycles. The van der Waals surface area contributed by atoms with Crippen LogP contribution in [-0.4, -0.2) is 52.1 Å². The standard InChI is InChI=1S/C31H37N7O3/c1-22-9-11-25(12-10-22)38-27(19-24(36-38)20-31(2,3)4)34-30(39)33-21-23-7-5-6-8-26(23)41-28-13-14-32-29(35-28)37-15-17-40-18-16-37/h5-14,19H,15-18,20-21H2,1-4H3,(H2,33,34,39). The Morgan fingerprint density at radius 2 is 1.80 bits per heavy atom. The van der Waals surface area contributed by atoms with Gasteiger partial charge in [0.1, 0.15) is 11.6 Å². The van der Waals surface area contributed by atoms with Crippen LogP contribution in [0.3, 0.4) is 0 Å². The number of hydrogen-bond donors (Lipinski definition) is 2. The molecule has 1 aliphatic rings. The van der Waals surface area contributed by atoms with Crippen LogP contribution < -0.4 is 20.3 Å². The number of carbonyl (C=O) groups excluding carboxylic acids is 1. The van der Waals surface area contributed by atoms with E-state index in [4.69, 9.17) is 14.6 Å². The monoisotopic (exact) mass is 555 g/mol. The number of aromatic nitrogens is 4. The molecule has 1 aliphatic heterocycles. The Hall–Kier alpha value is -4.44. The number of para-hydroxylation sites is 1. The molecule has 10 nitrogen and oxygen atoms in total. The van der Waals surface area contributed by atoms with E-state index in [-0.39, 0.29) is 18.0 Å². The fourth-order valence-corrected chi connectivity index (χ4v) is 4.53. The molecule has 5 rings (SSSR count). The molecule has 2 aromatic heterocycles. The van der Waals surface area contributed by atoms with Gasteiger partial charge in [0.2, 0.25) is 11.8 Å². The molecule has 41 heavy (non-hydrogen) atoms. The summed E-state index contributed by atoms with van der Waals surface area (Å²) < 4.78 is 13.3. The fourth-order valence-electron chi connectivity index (χ4n) is 4.53. The number of aryl methyl sites for hydroxylation is 1. The number of urea groups is 1. The molecule has 0 radical (unpaired) electrons. The largest absolute Gasteiger partial charge is 0.439 e. The first kappa shape index (κ1) is 28.1. The van der Waals surface area contributed by atoms with Gasteiger partial charge in [-0.2, -0.15) is 10.1 Å². The number of benzene rings is 2. The molecule has 0 unspecified atom stereocenters. The van der Waals surface area contributed by atoms with E-state index in [1.54, 1.807) is 16.9 Å². The number of anilines is 2. The lowest BCUT2D eigenvalue weighted by molar-refractivity contribution is 0.122. The van der Waals surface area contributed by atoms with Gasteiger partial charge in [0.05, 0.1) is 24.6 Å². The van der Waals surface area contributed by atoms with Crippen molar-refractivity contribution in [1.82, 2.24) is 25.1 Å². The SMILES string of the molecule is Cc1ccc(-n2nc(CC(C)(C)C)cc2NC(=O)NCc2ccccc2Oc2ccnc(N3CCOCC3)n2)cc1. The van der Waals surface area contributed by atoms with Crippen LogP contribution in [-0.2, 0) is 17.7 Å². The highest BCUT2D eigenvalue weighted by Crippen LogP contribution is 2.26. The molecule has 0 aliphatic carbocycles. The normalized spacial score (nSPS) is 13.6. The Morgan fingerprint density at radius 3 is 2.56 bits per heavy atom. The third kappa shape index (κ3) is 7.61. The van der Waals surface area contributed by atoms with Crippen LogP contribution in [0.1, 0.15) is 37.6 Å². The summed E-state index contributed by atoms with van der Waals surface area (Å²) >= 11 is 0. The van der Waals surface area contributed by atoms with Crippen LogP contribution >= 0.6 is 0 Å². The first-order chi connectivity index (χ1) is 19.7. The summed E-state index contributed by atoms with van der Waals surface area (Å²) in [6.45, 7) is 11.6. The minimum atomic E-state index is -0.341. The number of nitrogens with zero attached hydrogens (tertiary/aromatic N) is 5. The van der Waals surface area contributed by atoms with Crippen molar-refractivity contribution in [2.45, 2.75) is 40.7 Å². The van der Waals surface area contributed by atoms with E-state index in [1.165, 1.54) is 0 Å². The van der Waals surface area contributed by atoms with Crippen LogP contribution in [0.4, 0.5) is 16.6 Å². The molecule has 0 atom stereocenters. The minimum Gasteiger partial charge on any atom is -0.439 e. The first-order valence-electron chi connectivity index (χ1n) is 13.9. The highest BCUT2D eigenvalue weighted by Gasteiger charge is 2.19. The van der Waals surface area contributed by atoms with E-state index in [0.717, 1.165) is 42.0 Å². The number of ether oxygens (including phenoxy) is 2. The molecule has 0 spiro atoms. The van der Waals surface area contributed by atoms with Crippen molar-refractivity contribution < 1.29 is 14.3 Å². The second-order valence-corrected chi connectivity index (χ2v) is 11.3. The second-order valence-electron chi connectivity index (χ2n) is 11.3. The summed E-state index contributed by atoms with van der Waals surface area (Å²) in [6, 6.07) is 18.9. The highest BCUT2D eigenvalue weighted by atomic mass is 16.5. The molecular formula is C31H37N7O3. The maximum Gasteiger partial charge on any atom is 0.320 e. The summed E-state index contributed by atoms with van der Waals surface area (Å²) in [5.41, 5.74) is 3.82.